The molecule has 0 bridgehead atoms. The van der Waals surface area contributed by atoms with Crippen molar-refractivity contribution in [2.75, 3.05) is 18.5 Å². The second-order valence-corrected chi connectivity index (χ2v) is 10.4. The van der Waals surface area contributed by atoms with E-state index in [0.29, 0.717) is 29.7 Å². The summed E-state index contributed by atoms with van der Waals surface area (Å²) >= 11 is 0. The van der Waals surface area contributed by atoms with Crippen LogP contribution in [0.1, 0.15) is 47.1 Å². The molecule has 2 aromatic heterocycles. The van der Waals surface area contributed by atoms with Crippen LogP contribution < -0.4 is 21.5 Å². The number of carbonyl (C=O) groups excluding carboxylic acids is 4. The number of benzene rings is 1. The van der Waals surface area contributed by atoms with Crippen LogP contribution in [0.15, 0.2) is 69.6 Å². The van der Waals surface area contributed by atoms with E-state index < -0.39 is 47.2 Å². The lowest BCUT2D eigenvalue weighted by atomic mass is 9.95. The van der Waals surface area contributed by atoms with E-state index in [1.807, 2.05) is 0 Å². The monoisotopic (exact) mass is 592 g/mol. The van der Waals surface area contributed by atoms with Crippen LogP contribution in [0.3, 0.4) is 0 Å². The first-order valence-electron chi connectivity index (χ1n) is 14.2. The van der Waals surface area contributed by atoms with Crippen molar-refractivity contribution >= 4 is 29.4 Å². The number of aromatic nitrogens is 2. The first kappa shape index (κ1) is 28.1. The molecule has 13 heteroatoms. The molecule has 2 saturated heterocycles. The van der Waals surface area contributed by atoms with Crippen molar-refractivity contribution in [1.29, 1.82) is 0 Å². The molecule has 224 valence electrons. The maximum Gasteiger partial charge on any atom is 0.333 e. The van der Waals surface area contributed by atoms with Crippen molar-refractivity contribution in [3.05, 3.63) is 93.5 Å². The summed E-state index contributed by atoms with van der Waals surface area (Å²) in [6.07, 6.45) is 3.79. The Labute approximate surface area is 246 Å². The Bertz CT molecular complexity index is 1670. The molecule has 3 amide bonds. The molecule has 12 nitrogen and oxygen atoms in total. The molecule has 2 fully saturated rings. The molecule has 3 atom stereocenters. The van der Waals surface area contributed by atoms with E-state index in [-0.39, 0.29) is 43.3 Å². The largest absolute Gasteiger partial charge is 0.462 e. The van der Waals surface area contributed by atoms with Crippen molar-refractivity contribution in [1.82, 2.24) is 20.4 Å². The minimum absolute atomic E-state index is 0.0277. The third-order valence-electron chi connectivity index (χ3n) is 7.29. The van der Waals surface area contributed by atoms with Crippen molar-refractivity contribution in [3.63, 3.8) is 0 Å². The van der Waals surface area contributed by atoms with Gasteiger partial charge in [-0.3, -0.25) is 19.2 Å². The molecule has 3 aromatic rings. The third kappa shape index (κ3) is 7.05. The summed E-state index contributed by atoms with van der Waals surface area (Å²) in [5, 5.41) is 9.90. The summed E-state index contributed by atoms with van der Waals surface area (Å²) in [6, 6.07) is 7.77. The predicted octanol–water partition coefficient (Wildman–Crippen LogP) is 2.20. The number of carbonyl (C=O) groups is 4. The van der Waals surface area contributed by atoms with Crippen molar-refractivity contribution in [2.24, 2.45) is 5.92 Å². The van der Waals surface area contributed by atoms with E-state index in [4.69, 9.17) is 10.7 Å². The van der Waals surface area contributed by atoms with Gasteiger partial charge in [-0.15, -0.1) is 0 Å². The van der Waals surface area contributed by atoms with Gasteiger partial charge in [0.25, 0.3) is 11.5 Å². The van der Waals surface area contributed by atoms with Crippen LogP contribution in [-0.4, -0.2) is 52.6 Å². The number of halogens is 1. The van der Waals surface area contributed by atoms with Gasteiger partial charge in [0.2, 0.25) is 11.8 Å². The summed E-state index contributed by atoms with van der Waals surface area (Å²) < 4.78 is 32.6. The van der Waals surface area contributed by atoms with Crippen LogP contribution in [-0.2, 0) is 25.5 Å². The average molecular weight is 593 g/mol. The van der Waals surface area contributed by atoms with E-state index in [0.717, 1.165) is 9.88 Å². The molecule has 0 aliphatic carbocycles. The highest BCUT2D eigenvalue weighted by molar-refractivity contribution is 6.02. The summed E-state index contributed by atoms with van der Waals surface area (Å²) in [6.45, 7) is 2.06. The van der Waals surface area contributed by atoms with E-state index in [1.54, 1.807) is 13.0 Å². The van der Waals surface area contributed by atoms with E-state index >= 15 is 0 Å². The molecule has 3 N–H and O–H groups in total. The molecule has 2 aliphatic rings. The Kier molecular flexibility index (Phi) is 8.38. The number of hydrogen-bond acceptors (Lipinski definition) is 8. The quantitative estimate of drug-likeness (QED) is 0.239. The van der Waals surface area contributed by atoms with Gasteiger partial charge in [0.1, 0.15) is 23.3 Å². The molecule has 5 rings (SSSR count). The van der Waals surface area contributed by atoms with E-state index in [2.05, 4.69) is 15.8 Å². The van der Waals surface area contributed by atoms with Gasteiger partial charge in [0.05, 0.1) is 6.61 Å². The van der Waals surface area contributed by atoms with E-state index in [1.165, 1.54) is 48.7 Å². The second kappa shape index (κ2) is 12.8. The molecule has 4 heterocycles. The number of anilines is 1. The minimum atomic E-state index is -1.18. The van der Waals surface area contributed by atoms with Gasteiger partial charge < -0.3 is 29.8 Å². The lowest BCUT2D eigenvalue weighted by Gasteiger charge is -2.24. The van der Waals surface area contributed by atoms with Gasteiger partial charge >= 0.3 is 5.97 Å². The van der Waals surface area contributed by atoms with Crippen LogP contribution >= 0.6 is 0 Å². The van der Waals surface area contributed by atoms with Gasteiger partial charge in [0.15, 0.2) is 7.11 Å². The highest BCUT2D eigenvalue weighted by Crippen LogP contribution is 2.22. The van der Waals surface area contributed by atoms with Crippen molar-refractivity contribution in [3.8, 4) is 0 Å². The molecule has 0 unspecified atom stereocenters. The number of hydrogen-bond donors (Lipinski definition) is 3. The number of amides is 3. The molecule has 1 aromatic carbocycles. The number of ether oxygens (including phenoxy) is 1. The topological polar surface area (TPSA) is 162 Å². The number of rotatable bonds is 10. The Hall–Kier alpha value is -5.07. The fourth-order valence-electron chi connectivity index (χ4n) is 5.07. The van der Waals surface area contributed by atoms with Gasteiger partial charge in [-0.05, 0) is 49.6 Å². The number of nitrogens with one attached hydrogen (secondary N) is 3. The zero-order valence-electron chi connectivity index (χ0n) is 24.2. The van der Waals surface area contributed by atoms with Crippen LogP contribution in [0, 0.1) is 18.7 Å². The van der Waals surface area contributed by atoms with Gasteiger partial charge in [-0.2, -0.15) is 0 Å². The fourth-order valence-corrected chi connectivity index (χ4v) is 5.07. The van der Waals surface area contributed by atoms with E-state index in [9.17, 15) is 28.4 Å². The molecule has 0 saturated carbocycles. The number of aryl methyl sites for hydroxylation is 1. The van der Waals surface area contributed by atoms with Crippen LogP contribution in [0.25, 0.3) is 0 Å². The summed E-state index contributed by atoms with van der Waals surface area (Å²) in [5.74, 6) is -2.83. The molecule has 0 spiro atoms. The van der Waals surface area contributed by atoms with Gasteiger partial charge in [-0.1, -0.05) is 23.4 Å². The standard InChI is InChI=1S/C30H30FN5O7/c1-17-13-24(35-43-17)27(38)34-23-3-2-11-36(29(23)40)25(14-18-4-6-21(31)7-5-18)28(39)33-22(15-19-8-10-32-26(19)37)16-20-9-12-42-30(20)41/h2-7,11,13,16,19,22,25H,8-10,12,14-15H2,1H3,(H,32,37)(H,33,39)(H,34,38)/b20-16+/t19-,22-,25-/m0/s1/i/hD. The van der Waals surface area contributed by atoms with Crippen LogP contribution in [0.5, 0.6) is 0 Å². The molecule has 0 radical (unpaired) electrons. The first-order chi connectivity index (χ1) is 21.1. The highest BCUT2D eigenvalue weighted by Gasteiger charge is 2.31. The highest BCUT2D eigenvalue weighted by atomic mass is 19.1. The smallest absolute Gasteiger partial charge is 0.333 e. The molecular formula is C30H30FN5O7. The fraction of sp³-hybridized carbons (Fsp3) is 0.333. The number of esters is 1. The normalized spacial score (nSPS) is 19.2. The maximum atomic E-state index is 14.0. The first-order valence-corrected chi connectivity index (χ1v) is 13.8. The predicted molar refractivity (Wildman–Crippen MR) is 150 cm³/mol. The summed E-state index contributed by atoms with van der Waals surface area (Å²) in [4.78, 5) is 65.0. The molecular weight excluding hydrogens is 561 g/mol. The van der Waals surface area contributed by atoms with Gasteiger partial charge in [0, 0.05) is 49.2 Å². The SMILES string of the molecule is [2H]N1CC[C@@H](C[C@@H](/C=C2\CCOC2=O)NC(=O)[C@H](Cc2ccc(F)cc2)n2cccc(NC(=O)c3cc(C)on3)c2=O)C1=O. The number of nitrogens with zero attached hydrogens (tertiary/aromatic N) is 2. The van der Waals surface area contributed by atoms with Crippen molar-refractivity contribution < 1.29 is 34.2 Å². The Morgan fingerprint density at radius 2 is 2.05 bits per heavy atom. The Morgan fingerprint density at radius 3 is 2.70 bits per heavy atom. The summed E-state index contributed by atoms with van der Waals surface area (Å²) in [5.41, 5.74) is 0.0643. The van der Waals surface area contributed by atoms with Crippen molar-refractivity contribution in [2.45, 2.75) is 44.7 Å². The second-order valence-electron chi connectivity index (χ2n) is 10.4. The molecule has 43 heavy (non-hydrogen) atoms. The zero-order valence-corrected chi connectivity index (χ0v) is 23.2. The Balaban J connectivity index is 1.46. The number of pyridine rings is 1. The third-order valence-corrected chi connectivity index (χ3v) is 7.29. The molecule has 2 aliphatic heterocycles. The lowest BCUT2D eigenvalue weighted by Crippen LogP contribution is -2.44. The number of cyclic esters (lactones) is 1. The minimum Gasteiger partial charge on any atom is -0.462 e. The van der Waals surface area contributed by atoms with Crippen LogP contribution in [0.4, 0.5) is 10.1 Å². The maximum absolute atomic E-state index is 14.0. The zero-order chi connectivity index (χ0) is 31.4. The lowest BCUT2D eigenvalue weighted by molar-refractivity contribution is -0.135. The van der Waals surface area contributed by atoms with Gasteiger partial charge in [-0.25, -0.2) is 9.18 Å². The average Bonchev–Trinajstić information content (AvgIpc) is 3.70. The van der Waals surface area contributed by atoms with Crippen LogP contribution in [0.2, 0.25) is 1.41 Å². The Morgan fingerprint density at radius 1 is 1.26 bits per heavy atom. The summed E-state index contributed by atoms with van der Waals surface area (Å²) in [7, 11) is 0.